The maximum absolute atomic E-state index is 12.9. The van der Waals surface area contributed by atoms with Crippen LogP contribution in [0.5, 0.6) is 0 Å². The summed E-state index contributed by atoms with van der Waals surface area (Å²) in [4.78, 5) is 18.7. The van der Waals surface area contributed by atoms with E-state index in [2.05, 4.69) is 15.4 Å². The van der Waals surface area contributed by atoms with Gasteiger partial charge >= 0.3 is 0 Å². The summed E-state index contributed by atoms with van der Waals surface area (Å²) in [5.41, 5.74) is 6.12. The molecule has 152 valence electrons. The molecule has 5 rings (SSSR count). The van der Waals surface area contributed by atoms with Crippen molar-refractivity contribution in [1.82, 2.24) is 29.5 Å². The van der Waals surface area contributed by atoms with Crippen LogP contribution in [-0.4, -0.2) is 29.5 Å². The highest BCUT2D eigenvalue weighted by Crippen LogP contribution is 2.29. The van der Waals surface area contributed by atoms with E-state index in [1.165, 1.54) is 10.6 Å². The number of H-pyrrole nitrogens is 1. The van der Waals surface area contributed by atoms with E-state index in [9.17, 15) is 4.79 Å². The Bertz CT molecular complexity index is 1430. The molecule has 0 aliphatic heterocycles. The molecule has 1 N–H and O–H groups in total. The van der Waals surface area contributed by atoms with Crippen LogP contribution >= 0.6 is 11.3 Å². The van der Waals surface area contributed by atoms with Gasteiger partial charge in [-0.15, -0.1) is 11.3 Å². The molecule has 0 amide bonds. The minimum absolute atomic E-state index is 0.196. The second-order valence-corrected chi connectivity index (χ2v) is 8.33. The predicted molar refractivity (Wildman–Crippen MR) is 115 cm³/mol. The molecule has 0 saturated heterocycles. The Kier molecular flexibility index (Phi) is 4.21. The van der Waals surface area contributed by atoms with Gasteiger partial charge in [-0.2, -0.15) is 5.10 Å². The molecule has 0 radical (unpaired) electrons. The summed E-state index contributed by atoms with van der Waals surface area (Å²) >= 11 is 1.61. The van der Waals surface area contributed by atoms with Gasteiger partial charge in [-0.25, -0.2) is 9.50 Å². The molecule has 0 saturated carbocycles. The zero-order valence-electron chi connectivity index (χ0n) is 17.1. The number of aromatic nitrogens is 6. The Hall–Kier alpha value is -3.46. The van der Waals surface area contributed by atoms with Crippen LogP contribution in [0.3, 0.4) is 0 Å². The van der Waals surface area contributed by atoms with Crippen molar-refractivity contribution in [3.8, 4) is 22.0 Å². The molecule has 0 bridgehead atoms. The Balaban J connectivity index is 1.65. The zero-order valence-corrected chi connectivity index (χ0v) is 17.9. The number of rotatable bonds is 4. The van der Waals surface area contributed by atoms with Crippen LogP contribution in [0, 0.1) is 27.7 Å². The van der Waals surface area contributed by atoms with Gasteiger partial charge in [-0.05, 0) is 45.2 Å². The quantitative estimate of drug-likeness (QED) is 0.476. The molecule has 0 spiro atoms. The van der Waals surface area contributed by atoms with Crippen molar-refractivity contribution in [2.45, 2.75) is 34.2 Å². The number of aromatic amines is 1. The van der Waals surface area contributed by atoms with Crippen molar-refractivity contribution >= 4 is 17.0 Å². The Labute approximate surface area is 175 Å². The summed E-state index contributed by atoms with van der Waals surface area (Å²) in [6, 6.07) is 7.51. The third kappa shape index (κ3) is 2.89. The van der Waals surface area contributed by atoms with Crippen LogP contribution in [0.1, 0.15) is 28.3 Å². The van der Waals surface area contributed by atoms with Crippen molar-refractivity contribution in [1.29, 1.82) is 0 Å². The molecule has 0 unspecified atom stereocenters. The van der Waals surface area contributed by atoms with Crippen molar-refractivity contribution in [2.24, 2.45) is 0 Å². The summed E-state index contributed by atoms with van der Waals surface area (Å²) in [6.45, 7) is 8.29. The maximum atomic E-state index is 12.9. The highest BCUT2D eigenvalue weighted by molar-refractivity contribution is 7.13. The third-order valence-electron chi connectivity index (χ3n) is 5.26. The van der Waals surface area contributed by atoms with Crippen LogP contribution in [0.4, 0.5) is 0 Å². The van der Waals surface area contributed by atoms with E-state index < -0.39 is 0 Å². The van der Waals surface area contributed by atoms with Gasteiger partial charge in [0.25, 0.3) is 5.56 Å². The molecule has 5 aromatic rings. The molecule has 0 fully saturated rings. The van der Waals surface area contributed by atoms with E-state index in [1.807, 2.05) is 56.0 Å². The number of nitrogens with one attached hydrogen (secondary N) is 1. The largest absolute Gasteiger partial charge is 0.361 e. The molecular formula is C21H20N6O2S. The minimum atomic E-state index is -0.196. The SMILES string of the molecule is Cc1cc(C)n(Cc2c(-c3cc(=O)n4[nH]c(-c5cccs5)c(C)c4n3)noc2C)n1. The summed E-state index contributed by atoms with van der Waals surface area (Å²) in [5, 5.41) is 13.9. The lowest BCUT2D eigenvalue weighted by Gasteiger charge is -2.05. The predicted octanol–water partition coefficient (Wildman–Crippen LogP) is 3.88. The van der Waals surface area contributed by atoms with Gasteiger partial charge in [0.2, 0.25) is 0 Å². The highest BCUT2D eigenvalue weighted by atomic mass is 32.1. The molecule has 30 heavy (non-hydrogen) atoms. The van der Waals surface area contributed by atoms with E-state index in [0.29, 0.717) is 29.3 Å². The van der Waals surface area contributed by atoms with Crippen LogP contribution in [0.2, 0.25) is 0 Å². The van der Waals surface area contributed by atoms with E-state index >= 15 is 0 Å². The smallest absolute Gasteiger partial charge is 0.273 e. The number of thiophene rings is 1. The normalized spacial score (nSPS) is 11.6. The summed E-state index contributed by atoms with van der Waals surface area (Å²) in [6.07, 6.45) is 0. The summed E-state index contributed by atoms with van der Waals surface area (Å²) < 4.78 is 8.85. The van der Waals surface area contributed by atoms with Crippen molar-refractivity contribution in [2.75, 3.05) is 0 Å². The molecular weight excluding hydrogens is 400 g/mol. The first-order valence-corrected chi connectivity index (χ1v) is 10.4. The first-order valence-electron chi connectivity index (χ1n) is 9.55. The summed E-state index contributed by atoms with van der Waals surface area (Å²) in [5.74, 6) is 0.685. The summed E-state index contributed by atoms with van der Waals surface area (Å²) in [7, 11) is 0. The highest BCUT2D eigenvalue weighted by Gasteiger charge is 2.21. The first kappa shape index (κ1) is 18.6. The lowest BCUT2D eigenvalue weighted by atomic mass is 10.1. The van der Waals surface area contributed by atoms with E-state index in [4.69, 9.17) is 9.51 Å². The minimum Gasteiger partial charge on any atom is -0.361 e. The van der Waals surface area contributed by atoms with Crippen molar-refractivity contribution in [3.63, 3.8) is 0 Å². The van der Waals surface area contributed by atoms with Crippen LogP contribution in [0.15, 0.2) is 39.0 Å². The van der Waals surface area contributed by atoms with Crippen molar-refractivity contribution < 1.29 is 4.52 Å². The second-order valence-electron chi connectivity index (χ2n) is 7.38. The maximum Gasteiger partial charge on any atom is 0.273 e. The standard InChI is InChI=1S/C21H20N6O2S/c1-11-8-12(2)26(23-11)10-15-14(4)29-25-20(15)16-9-18(28)27-21(22-16)13(3)19(24-27)17-6-5-7-30-17/h5-9,24H,10H2,1-4H3. The van der Waals surface area contributed by atoms with Crippen LogP contribution in [-0.2, 0) is 6.54 Å². The lowest BCUT2D eigenvalue weighted by Crippen LogP contribution is -2.15. The number of hydrogen-bond acceptors (Lipinski definition) is 6. The molecule has 5 aromatic heterocycles. The fraction of sp³-hybridized carbons (Fsp3) is 0.238. The Morgan fingerprint density at radius 3 is 2.73 bits per heavy atom. The topological polar surface area (TPSA) is 94.0 Å². The van der Waals surface area contributed by atoms with Gasteiger partial charge in [0, 0.05) is 22.9 Å². The molecule has 0 atom stereocenters. The number of hydrogen-bond donors (Lipinski definition) is 1. The van der Waals surface area contributed by atoms with Gasteiger partial charge in [-0.3, -0.25) is 14.6 Å². The van der Waals surface area contributed by atoms with Crippen molar-refractivity contribution in [3.05, 3.63) is 68.3 Å². The Morgan fingerprint density at radius 2 is 2.03 bits per heavy atom. The van der Waals surface area contributed by atoms with Gasteiger partial charge in [0.05, 0.1) is 22.8 Å². The zero-order chi connectivity index (χ0) is 21.0. The van der Waals surface area contributed by atoms with Gasteiger partial charge in [0.1, 0.15) is 17.1 Å². The van der Waals surface area contributed by atoms with Gasteiger partial charge in [0.15, 0.2) is 5.65 Å². The molecule has 0 aromatic carbocycles. The second kappa shape index (κ2) is 6.81. The molecule has 9 heteroatoms. The Morgan fingerprint density at radius 1 is 1.20 bits per heavy atom. The van der Waals surface area contributed by atoms with Gasteiger partial charge < -0.3 is 4.52 Å². The monoisotopic (exact) mass is 420 g/mol. The van der Waals surface area contributed by atoms with E-state index in [1.54, 1.807) is 11.3 Å². The van der Waals surface area contributed by atoms with E-state index in [0.717, 1.165) is 33.1 Å². The number of aryl methyl sites for hydroxylation is 4. The fourth-order valence-corrected chi connectivity index (χ4v) is 4.47. The van der Waals surface area contributed by atoms with Gasteiger partial charge in [-0.1, -0.05) is 11.2 Å². The average molecular weight is 420 g/mol. The van der Waals surface area contributed by atoms with E-state index in [-0.39, 0.29) is 5.56 Å². The average Bonchev–Trinajstić information content (AvgIpc) is 3.46. The number of nitrogens with zero attached hydrogens (tertiary/aromatic N) is 5. The lowest BCUT2D eigenvalue weighted by molar-refractivity contribution is 0.397. The van der Waals surface area contributed by atoms with Crippen LogP contribution < -0.4 is 5.56 Å². The third-order valence-corrected chi connectivity index (χ3v) is 6.15. The number of fused-ring (bicyclic) bond motifs is 1. The van der Waals surface area contributed by atoms with Crippen LogP contribution in [0.25, 0.3) is 27.6 Å². The fourth-order valence-electron chi connectivity index (χ4n) is 3.69. The molecule has 8 nitrogen and oxygen atoms in total. The first-order chi connectivity index (χ1) is 14.4. The molecule has 5 heterocycles. The molecule has 0 aliphatic rings. The molecule has 0 aliphatic carbocycles.